The Morgan fingerprint density at radius 1 is 0.944 bits per heavy atom. The molecule has 0 aliphatic heterocycles. The molecule has 1 N–H and O–H groups in total. The first-order valence-corrected chi connectivity index (χ1v) is 7.96. The minimum absolute atomic E-state index is 0.236. The summed E-state index contributed by atoms with van der Waals surface area (Å²) in [5.74, 6) is 0.474. The summed E-state index contributed by atoms with van der Waals surface area (Å²) in [4.78, 5) is 0. The topological polar surface area (TPSA) is 20.2 Å². The van der Waals surface area contributed by atoms with Crippen molar-refractivity contribution in [3.05, 3.63) is 0 Å². The summed E-state index contributed by atoms with van der Waals surface area (Å²) in [6, 6.07) is 0. The van der Waals surface area contributed by atoms with E-state index >= 15 is 0 Å². The van der Waals surface area contributed by atoms with Gasteiger partial charge in [-0.1, -0.05) is 51.9 Å². The van der Waals surface area contributed by atoms with Crippen LogP contribution < -0.4 is 0 Å². The summed E-state index contributed by atoms with van der Waals surface area (Å²) in [5.41, 5.74) is 0. The first-order chi connectivity index (χ1) is 8.48. The highest BCUT2D eigenvalue weighted by atomic mass is 32.2. The Hall–Kier alpha value is 0.100. The van der Waals surface area contributed by atoms with Crippen molar-refractivity contribution in [3.63, 3.8) is 0 Å². The molecule has 0 radical (unpaired) electrons. The predicted molar refractivity (Wildman–Crippen MR) is 72.0 cm³/mol. The van der Waals surface area contributed by atoms with Gasteiger partial charge in [-0.15, -0.1) is 0 Å². The van der Waals surface area contributed by atoms with Crippen LogP contribution in [0, 0.1) is 0 Å². The highest BCUT2D eigenvalue weighted by molar-refractivity contribution is 7.99. The number of unbranched alkanes of at least 4 members (excludes halogenated alkanes) is 7. The second-order valence-electron chi connectivity index (χ2n) is 4.61. The van der Waals surface area contributed by atoms with Crippen molar-refractivity contribution in [1.29, 1.82) is 0 Å². The SMILES string of the molecule is CCCCCCCCCCSC[C@@H](O)C(F)(F)F. The average Bonchev–Trinajstić information content (AvgIpc) is 2.30. The molecule has 1 nitrogen and oxygen atoms in total. The van der Waals surface area contributed by atoms with Gasteiger partial charge in [-0.2, -0.15) is 24.9 Å². The lowest BCUT2D eigenvalue weighted by Crippen LogP contribution is -2.30. The van der Waals surface area contributed by atoms with Crippen LogP contribution in [-0.4, -0.2) is 28.9 Å². The third-order valence-corrected chi connectivity index (χ3v) is 3.92. The first-order valence-electron chi connectivity index (χ1n) is 6.81. The molecule has 18 heavy (non-hydrogen) atoms. The fourth-order valence-electron chi connectivity index (χ4n) is 1.63. The van der Waals surface area contributed by atoms with E-state index in [1.54, 1.807) is 0 Å². The van der Waals surface area contributed by atoms with Crippen LogP contribution >= 0.6 is 11.8 Å². The molecule has 0 aliphatic carbocycles. The van der Waals surface area contributed by atoms with Crippen molar-refractivity contribution in [3.8, 4) is 0 Å². The summed E-state index contributed by atoms with van der Waals surface area (Å²) >= 11 is 1.19. The number of alkyl halides is 3. The zero-order chi connectivity index (χ0) is 13.9. The Kier molecular flexibility index (Phi) is 11.0. The van der Waals surface area contributed by atoms with Crippen molar-refractivity contribution in [1.82, 2.24) is 0 Å². The maximum absolute atomic E-state index is 12.0. The lowest BCUT2D eigenvalue weighted by Gasteiger charge is -2.13. The maximum atomic E-state index is 12.0. The lowest BCUT2D eigenvalue weighted by atomic mass is 10.1. The minimum Gasteiger partial charge on any atom is -0.383 e. The maximum Gasteiger partial charge on any atom is 0.415 e. The van der Waals surface area contributed by atoms with Gasteiger partial charge in [-0.25, -0.2) is 0 Å². The second kappa shape index (κ2) is 11.0. The van der Waals surface area contributed by atoms with Gasteiger partial charge in [0.25, 0.3) is 0 Å². The molecule has 0 unspecified atom stereocenters. The molecule has 0 rings (SSSR count). The molecule has 0 aliphatic rings. The Labute approximate surface area is 113 Å². The van der Waals surface area contributed by atoms with Crippen LogP contribution in [0.1, 0.15) is 58.3 Å². The van der Waals surface area contributed by atoms with E-state index in [2.05, 4.69) is 6.92 Å². The molecule has 0 bridgehead atoms. The van der Waals surface area contributed by atoms with Gasteiger partial charge in [-0.05, 0) is 12.2 Å². The van der Waals surface area contributed by atoms with Gasteiger partial charge in [0.1, 0.15) is 0 Å². The number of aliphatic hydroxyl groups is 1. The fraction of sp³-hybridized carbons (Fsp3) is 1.00. The summed E-state index contributed by atoms with van der Waals surface area (Å²) in [7, 11) is 0. The van der Waals surface area contributed by atoms with Crippen LogP contribution in [0.2, 0.25) is 0 Å². The van der Waals surface area contributed by atoms with E-state index in [4.69, 9.17) is 5.11 Å². The fourth-order valence-corrected chi connectivity index (χ4v) is 2.61. The van der Waals surface area contributed by atoms with Gasteiger partial charge in [0.2, 0.25) is 0 Å². The van der Waals surface area contributed by atoms with Gasteiger partial charge in [-0.3, -0.25) is 0 Å². The standard InChI is InChI=1S/C13H25F3OS/c1-2-3-4-5-6-7-8-9-10-18-11-12(17)13(14,15)16/h12,17H,2-11H2,1H3/t12-/m1/s1. The van der Waals surface area contributed by atoms with Crippen LogP contribution in [0.15, 0.2) is 0 Å². The van der Waals surface area contributed by atoms with Crippen molar-refractivity contribution in [2.24, 2.45) is 0 Å². The molecule has 1 atom stereocenters. The van der Waals surface area contributed by atoms with E-state index < -0.39 is 12.3 Å². The van der Waals surface area contributed by atoms with Crippen molar-refractivity contribution in [2.75, 3.05) is 11.5 Å². The number of aliphatic hydroxyl groups excluding tert-OH is 1. The van der Waals surface area contributed by atoms with E-state index in [1.165, 1.54) is 50.3 Å². The van der Waals surface area contributed by atoms with E-state index in [0.29, 0.717) is 5.75 Å². The molecule has 0 amide bonds. The van der Waals surface area contributed by atoms with Crippen molar-refractivity contribution >= 4 is 11.8 Å². The number of hydrogen-bond donors (Lipinski definition) is 1. The molecule has 0 aromatic carbocycles. The zero-order valence-corrected chi connectivity index (χ0v) is 12.0. The quantitative estimate of drug-likeness (QED) is 0.551. The van der Waals surface area contributed by atoms with Gasteiger partial charge < -0.3 is 5.11 Å². The molecule has 0 saturated heterocycles. The van der Waals surface area contributed by atoms with Crippen LogP contribution in [0.4, 0.5) is 13.2 Å². The summed E-state index contributed by atoms with van der Waals surface area (Å²) in [6.45, 7) is 2.19. The molecule has 0 aromatic heterocycles. The number of rotatable bonds is 11. The molecule has 0 saturated carbocycles. The lowest BCUT2D eigenvalue weighted by molar-refractivity contribution is -0.195. The molecule has 5 heteroatoms. The summed E-state index contributed by atoms with van der Waals surface area (Å²) < 4.78 is 35.9. The molecule has 0 spiro atoms. The number of halogens is 3. The number of thioether (sulfide) groups is 1. The molecule has 110 valence electrons. The average molecular weight is 286 g/mol. The predicted octanol–water partition coefficient (Wildman–Crippen LogP) is 4.78. The van der Waals surface area contributed by atoms with Gasteiger partial charge in [0, 0.05) is 5.75 Å². The highest BCUT2D eigenvalue weighted by Crippen LogP contribution is 2.23. The van der Waals surface area contributed by atoms with Crippen LogP contribution in [0.3, 0.4) is 0 Å². The molecule has 0 aromatic rings. The third kappa shape index (κ3) is 11.2. The van der Waals surface area contributed by atoms with Gasteiger partial charge >= 0.3 is 6.18 Å². The van der Waals surface area contributed by atoms with Crippen molar-refractivity contribution < 1.29 is 18.3 Å². The van der Waals surface area contributed by atoms with Gasteiger partial charge in [0.15, 0.2) is 6.10 Å². The molecule has 0 fully saturated rings. The normalized spacial score (nSPS) is 13.8. The molecular formula is C13H25F3OS. The van der Waals surface area contributed by atoms with E-state index in [0.717, 1.165) is 12.8 Å². The molecule has 0 heterocycles. The van der Waals surface area contributed by atoms with Crippen LogP contribution in [0.25, 0.3) is 0 Å². The van der Waals surface area contributed by atoms with E-state index in [9.17, 15) is 13.2 Å². The summed E-state index contributed by atoms with van der Waals surface area (Å²) in [6.07, 6.45) is 2.91. The Morgan fingerprint density at radius 2 is 1.44 bits per heavy atom. The largest absolute Gasteiger partial charge is 0.415 e. The van der Waals surface area contributed by atoms with Gasteiger partial charge in [0.05, 0.1) is 0 Å². The van der Waals surface area contributed by atoms with Crippen molar-refractivity contribution in [2.45, 2.75) is 70.6 Å². The smallest absolute Gasteiger partial charge is 0.383 e. The zero-order valence-electron chi connectivity index (χ0n) is 11.1. The Bertz CT molecular complexity index is 186. The van der Waals surface area contributed by atoms with E-state index in [1.807, 2.05) is 0 Å². The Balaban J connectivity index is 3.17. The second-order valence-corrected chi connectivity index (χ2v) is 5.76. The van der Waals surface area contributed by atoms with Crippen LogP contribution in [0.5, 0.6) is 0 Å². The summed E-state index contributed by atoms with van der Waals surface area (Å²) in [5, 5.41) is 8.76. The monoisotopic (exact) mass is 286 g/mol. The Morgan fingerprint density at radius 3 is 1.94 bits per heavy atom. The van der Waals surface area contributed by atoms with E-state index in [-0.39, 0.29) is 5.75 Å². The first kappa shape index (κ1) is 18.1. The third-order valence-electron chi connectivity index (χ3n) is 2.80. The highest BCUT2D eigenvalue weighted by Gasteiger charge is 2.37. The number of hydrogen-bond acceptors (Lipinski definition) is 2. The van der Waals surface area contributed by atoms with Crippen LogP contribution in [-0.2, 0) is 0 Å². The minimum atomic E-state index is -4.47. The molecular weight excluding hydrogens is 261 g/mol.